The van der Waals surface area contributed by atoms with E-state index in [9.17, 15) is 9.18 Å². The summed E-state index contributed by atoms with van der Waals surface area (Å²) in [5.41, 5.74) is 2.72. The first-order valence-corrected chi connectivity index (χ1v) is 6.49. The maximum absolute atomic E-state index is 13.5. The van der Waals surface area contributed by atoms with Gasteiger partial charge in [0.1, 0.15) is 11.0 Å². The van der Waals surface area contributed by atoms with Gasteiger partial charge in [0.25, 0.3) is 0 Å². The SMILES string of the molecule is Cc1cc2c(c(Cl)n1)-c1cc(F)cnc1C(C)C(=O)N2. The van der Waals surface area contributed by atoms with E-state index in [0.717, 1.165) is 6.20 Å². The van der Waals surface area contributed by atoms with E-state index in [1.807, 2.05) is 0 Å². The molecule has 2 aromatic rings. The molecular weight excluding hydrogens is 281 g/mol. The van der Waals surface area contributed by atoms with Gasteiger partial charge >= 0.3 is 0 Å². The van der Waals surface area contributed by atoms with Crippen molar-refractivity contribution in [2.45, 2.75) is 19.8 Å². The molecule has 0 aromatic carbocycles. The van der Waals surface area contributed by atoms with Crippen molar-refractivity contribution in [2.75, 3.05) is 5.32 Å². The van der Waals surface area contributed by atoms with Gasteiger partial charge in [-0.1, -0.05) is 11.6 Å². The molecule has 2 aromatic heterocycles. The number of aromatic nitrogens is 2. The van der Waals surface area contributed by atoms with Crippen LogP contribution in [0, 0.1) is 12.7 Å². The summed E-state index contributed by atoms with van der Waals surface area (Å²) in [6, 6.07) is 3.05. The van der Waals surface area contributed by atoms with Crippen LogP contribution in [0.1, 0.15) is 24.2 Å². The highest BCUT2D eigenvalue weighted by atomic mass is 35.5. The normalized spacial score (nSPS) is 17.0. The molecule has 3 heterocycles. The molecular formula is C14H11ClFN3O. The van der Waals surface area contributed by atoms with Gasteiger partial charge in [0.2, 0.25) is 5.91 Å². The Morgan fingerprint density at radius 2 is 2.15 bits per heavy atom. The van der Waals surface area contributed by atoms with Crippen LogP contribution in [0.3, 0.4) is 0 Å². The van der Waals surface area contributed by atoms with E-state index in [0.29, 0.717) is 28.2 Å². The van der Waals surface area contributed by atoms with Gasteiger partial charge in [0.05, 0.1) is 23.5 Å². The number of fused-ring (bicyclic) bond motifs is 3. The minimum absolute atomic E-state index is 0.203. The van der Waals surface area contributed by atoms with Gasteiger partial charge in [0, 0.05) is 16.8 Å². The first kappa shape index (κ1) is 13.0. The molecule has 0 fully saturated rings. The number of pyridine rings is 2. The molecule has 0 bridgehead atoms. The molecule has 0 aliphatic carbocycles. The monoisotopic (exact) mass is 291 g/mol. The smallest absolute Gasteiger partial charge is 0.233 e. The number of aryl methyl sites for hydroxylation is 1. The molecule has 1 unspecified atom stereocenters. The minimum atomic E-state index is -0.491. The number of hydrogen-bond donors (Lipinski definition) is 1. The number of halogens is 2. The van der Waals surface area contributed by atoms with Crippen LogP contribution in [0.2, 0.25) is 5.15 Å². The Morgan fingerprint density at radius 3 is 2.90 bits per heavy atom. The van der Waals surface area contributed by atoms with E-state index in [2.05, 4.69) is 15.3 Å². The highest BCUT2D eigenvalue weighted by Crippen LogP contribution is 2.41. The van der Waals surface area contributed by atoms with Crippen molar-refractivity contribution in [1.29, 1.82) is 0 Å². The highest BCUT2D eigenvalue weighted by Gasteiger charge is 2.29. The minimum Gasteiger partial charge on any atom is -0.325 e. The number of anilines is 1. The highest BCUT2D eigenvalue weighted by molar-refractivity contribution is 6.33. The fourth-order valence-corrected chi connectivity index (χ4v) is 2.69. The van der Waals surface area contributed by atoms with E-state index in [4.69, 9.17) is 11.6 Å². The van der Waals surface area contributed by atoms with Crippen LogP contribution in [-0.2, 0) is 4.79 Å². The Balaban J connectivity index is 2.39. The lowest BCUT2D eigenvalue weighted by Crippen LogP contribution is -2.18. The largest absolute Gasteiger partial charge is 0.325 e. The van der Waals surface area contributed by atoms with Gasteiger partial charge in [0.15, 0.2) is 0 Å². The second-order valence-electron chi connectivity index (χ2n) is 4.77. The number of hydrogen-bond acceptors (Lipinski definition) is 3. The average molecular weight is 292 g/mol. The van der Waals surface area contributed by atoms with E-state index in [1.54, 1.807) is 19.9 Å². The van der Waals surface area contributed by atoms with Crippen molar-refractivity contribution < 1.29 is 9.18 Å². The van der Waals surface area contributed by atoms with Crippen LogP contribution in [-0.4, -0.2) is 15.9 Å². The van der Waals surface area contributed by atoms with E-state index < -0.39 is 11.7 Å². The van der Waals surface area contributed by atoms with Crippen molar-refractivity contribution >= 4 is 23.2 Å². The van der Waals surface area contributed by atoms with Crippen LogP contribution in [0.5, 0.6) is 0 Å². The zero-order chi connectivity index (χ0) is 14.4. The first-order valence-electron chi connectivity index (χ1n) is 6.11. The summed E-state index contributed by atoms with van der Waals surface area (Å²) in [6.45, 7) is 3.50. The molecule has 1 atom stereocenters. The van der Waals surface area contributed by atoms with Crippen molar-refractivity contribution in [3.05, 3.63) is 40.7 Å². The summed E-state index contributed by atoms with van der Waals surface area (Å²) in [7, 11) is 0. The summed E-state index contributed by atoms with van der Waals surface area (Å²) in [5, 5.41) is 3.02. The molecule has 1 aliphatic heterocycles. The Hall–Kier alpha value is -2.01. The van der Waals surface area contributed by atoms with Gasteiger partial charge in [-0.25, -0.2) is 9.37 Å². The van der Waals surface area contributed by atoms with Crippen molar-refractivity contribution in [2.24, 2.45) is 0 Å². The van der Waals surface area contributed by atoms with Crippen molar-refractivity contribution in [1.82, 2.24) is 9.97 Å². The average Bonchev–Trinajstić information content (AvgIpc) is 2.46. The number of nitrogens with one attached hydrogen (secondary N) is 1. The van der Waals surface area contributed by atoms with Gasteiger partial charge in [-0.3, -0.25) is 9.78 Å². The van der Waals surface area contributed by atoms with Gasteiger partial charge in [-0.05, 0) is 26.0 Å². The summed E-state index contributed by atoms with van der Waals surface area (Å²) >= 11 is 6.18. The van der Waals surface area contributed by atoms with Crippen LogP contribution in [0.25, 0.3) is 11.1 Å². The molecule has 0 saturated carbocycles. The number of rotatable bonds is 0. The molecule has 3 rings (SSSR count). The molecule has 4 nitrogen and oxygen atoms in total. The van der Waals surface area contributed by atoms with Crippen molar-refractivity contribution in [3.8, 4) is 11.1 Å². The number of carbonyl (C=O) groups excluding carboxylic acids is 1. The molecule has 20 heavy (non-hydrogen) atoms. The molecule has 1 amide bonds. The third-order valence-corrected chi connectivity index (χ3v) is 3.59. The van der Waals surface area contributed by atoms with E-state index in [1.165, 1.54) is 6.07 Å². The number of nitrogens with zero attached hydrogens (tertiary/aromatic N) is 2. The summed E-state index contributed by atoms with van der Waals surface area (Å²) in [5.74, 6) is -1.17. The number of amides is 1. The molecule has 1 N–H and O–H groups in total. The fraction of sp³-hybridized carbons (Fsp3) is 0.214. The number of carbonyl (C=O) groups is 1. The topological polar surface area (TPSA) is 54.9 Å². The van der Waals surface area contributed by atoms with Crippen LogP contribution < -0.4 is 5.32 Å². The molecule has 0 saturated heterocycles. The molecule has 0 radical (unpaired) electrons. The standard InChI is InChI=1S/C14H11ClFN3O/c1-6-3-10-11(13(15)18-6)9-4-8(16)5-17-12(9)7(2)14(20)19-10/h3-5,7H,1-2H3,(H,19,20). The van der Waals surface area contributed by atoms with Gasteiger partial charge in [-0.2, -0.15) is 0 Å². The molecule has 1 aliphatic rings. The fourth-order valence-electron chi connectivity index (χ4n) is 2.35. The zero-order valence-electron chi connectivity index (χ0n) is 10.9. The quantitative estimate of drug-likeness (QED) is 0.758. The van der Waals surface area contributed by atoms with Crippen LogP contribution in [0.15, 0.2) is 18.3 Å². The van der Waals surface area contributed by atoms with E-state index >= 15 is 0 Å². The third kappa shape index (κ3) is 1.94. The second-order valence-corrected chi connectivity index (χ2v) is 5.13. The summed E-state index contributed by atoms with van der Waals surface area (Å²) in [4.78, 5) is 20.4. The van der Waals surface area contributed by atoms with Gasteiger partial charge < -0.3 is 5.32 Å². The maximum atomic E-state index is 13.5. The molecule has 102 valence electrons. The maximum Gasteiger partial charge on any atom is 0.233 e. The molecule has 0 spiro atoms. The lowest BCUT2D eigenvalue weighted by atomic mass is 9.98. The van der Waals surface area contributed by atoms with E-state index in [-0.39, 0.29) is 11.1 Å². The lowest BCUT2D eigenvalue weighted by Gasteiger charge is -2.11. The predicted octanol–water partition coefficient (Wildman–Crippen LogP) is 3.30. The first-order chi connectivity index (χ1) is 9.47. The Labute approximate surface area is 120 Å². The van der Waals surface area contributed by atoms with Crippen LogP contribution in [0.4, 0.5) is 10.1 Å². The summed E-state index contributed by atoms with van der Waals surface area (Å²) in [6.07, 6.45) is 1.10. The summed E-state index contributed by atoms with van der Waals surface area (Å²) < 4.78 is 13.5. The Morgan fingerprint density at radius 1 is 1.40 bits per heavy atom. The second kappa shape index (κ2) is 4.52. The van der Waals surface area contributed by atoms with Crippen molar-refractivity contribution in [3.63, 3.8) is 0 Å². The third-order valence-electron chi connectivity index (χ3n) is 3.32. The Bertz CT molecular complexity index is 733. The predicted molar refractivity (Wildman–Crippen MR) is 74.2 cm³/mol. The zero-order valence-corrected chi connectivity index (χ0v) is 11.6. The van der Waals surface area contributed by atoms with Crippen LogP contribution >= 0.6 is 11.6 Å². The van der Waals surface area contributed by atoms with Gasteiger partial charge in [-0.15, -0.1) is 0 Å². The Kier molecular flexibility index (Phi) is 2.94. The lowest BCUT2D eigenvalue weighted by molar-refractivity contribution is -0.117. The molecule has 6 heteroatoms.